The second kappa shape index (κ2) is 7.89. The highest BCUT2D eigenvalue weighted by atomic mass is 14.9. The first kappa shape index (κ1) is 15.6. The van der Waals surface area contributed by atoms with E-state index in [0.29, 0.717) is 6.54 Å². The van der Waals surface area contributed by atoms with Gasteiger partial charge in [-0.25, -0.2) is 9.97 Å². The van der Waals surface area contributed by atoms with Crippen LogP contribution in [0.3, 0.4) is 0 Å². The van der Waals surface area contributed by atoms with Gasteiger partial charge in [0.1, 0.15) is 5.82 Å². The fourth-order valence-electron chi connectivity index (χ4n) is 2.67. The van der Waals surface area contributed by atoms with Crippen LogP contribution in [-0.2, 0) is 32.1 Å². The van der Waals surface area contributed by atoms with Crippen LogP contribution in [0.4, 0.5) is 0 Å². The average Bonchev–Trinajstić information content (AvgIpc) is 2.54. The molecule has 0 bridgehead atoms. The summed E-state index contributed by atoms with van der Waals surface area (Å²) in [5.74, 6) is 0.966. The monoisotopic (exact) mass is 283 g/mol. The standard InChI is InChI=1S/C18H25N3/c1-3-16-15(12-13-19)17(4-2)21-18(20-16)11-10-14-8-6-5-7-9-14/h5-9H,3-4,10-13,19H2,1-2H3. The molecule has 1 heterocycles. The number of benzene rings is 1. The summed E-state index contributed by atoms with van der Waals surface area (Å²) in [4.78, 5) is 9.53. The predicted octanol–water partition coefficient (Wildman–Crippen LogP) is 2.89. The van der Waals surface area contributed by atoms with Crippen molar-refractivity contribution in [3.05, 3.63) is 58.7 Å². The molecule has 0 atom stereocenters. The number of aromatic nitrogens is 2. The van der Waals surface area contributed by atoms with Crippen molar-refractivity contribution < 1.29 is 0 Å². The van der Waals surface area contributed by atoms with Crippen LogP contribution in [-0.4, -0.2) is 16.5 Å². The van der Waals surface area contributed by atoms with E-state index in [1.807, 2.05) is 6.07 Å². The van der Waals surface area contributed by atoms with E-state index in [1.54, 1.807) is 0 Å². The molecular formula is C18H25N3. The van der Waals surface area contributed by atoms with Crippen molar-refractivity contribution in [3.63, 3.8) is 0 Å². The number of nitrogens with zero attached hydrogens (tertiary/aromatic N) is 2. The van der Waals surface area contributed by atoms with Crippen molar-refractivity contribution in [2.24, 2.45) is 5.73 Å². The number of aryl methyl sites for hydroxylation is 4. The summed E-state index contributed by atoms with van der Waals surface area (Å²) in [5.41, 5.74) is 10.7. The zero-order valence-electron chi connectivity index (χ0n) is 13.1. The molecule has 0 aliphatic heterocycles. The molecule has 0 saturated heterocycles. The molecule has 1 aromatic carbocycles. The van der Waals surface area contributed by atoms with Crippen LogP contribution in [0, 0.1) is 0 Å². The molecule has 112 valence electrons. The quantitative estimate of drug-likeness (QED) is 0.850. The lowest BCUT2D eigenvalue weighted by atomic mass is 10.0. The Kier molecular flexibility index (Phi) is 5.88. The second-order valence-corrected chi connectivity index (χ2v) is 5.24. The van der Waals surface area contributed by atoms with Gasteiger partial charge < -0.3 is 5.73 Å². The van der Waals surface area contributed by atoms with Crippen LogP contribution in [0.25, 0.3) is 0 Å². The van der Waals surface area contributed by atoms with Crippen molar-refractivity contribution in [1.29, 1.82) is 0 Å². The topological polar surface area (TPSA) is 51.8 Å². The first-order chi connectivity index (χ1) is 10.3. The third-order valence-electron chi connectivity index (χ3n) is 3.77. The van der Waals surface area contributed by atoms with Crippen LogP contribution < -0.4 is 5.73 Å². The Hall–Kier alpha value is -1.74. The molecule has 1 aromatic heterocycles. The van der Waals surface area contributed by atoms with Gasteiger partial charge in [-0.2, -0.15) is 0 Å². The molecule has 0 aliphatic carbocycles. The van der Waals surface area contributed by atoms with E-state index in [4.69, 9.17) is 15.7 Å². The minimum absolute atomic E-state index is 0.659. The van der Waals surface area contributed by atoms with E-state index in [9.17, 15) is 0 Å². The highest BCUT2D eigenvalue weighted by Crippen LogP contribution is 2.15. The highest BCUT2D eigenvalue weighted by molar-refractivity contribution is 5.27. The van der Waals surface area contributed by atoms with Gasteiger partial charge in [0, 0.05) is 17.8 Å². The first-order valence-electron chi connectivity index (χ1n) is 7.90. The minimum Gasteiger partial charge on any atom is -0.330 e. The molecule has 0 amide bonds. The SMILES string of the molecule is CCc1nc(CCc2ccccc2)nc(CC)c1CCN. The van der Waals surface area contributed by atoms with Gasteiger partial charge in [-0.05, 0) is 43.4 Å². The zero-order chi connectivity index (χ0) is 15.1. The van der Waals surface area contributed by atoms with Gasteiger partial charge in [0.15, 0.2) is 0 Å². The number of nitrogens with two attached hydrogens (primary N) is 1. The number of hydrogen-bond donors (Lipinski definition) is 1. The zero-order valence-corrected chi connectivity index (χ0v) is 13.1. The van der Waals surface area contributed by atoms with Crippen LogP contribution in [0.15, 0.2) is 30.3 Å². The molecule has 0 spiro atoms. The number of hydrogen-bond acceptors (Lipinski definition) is 3. The summed E-state index contributed by atoms with van der Waals surface area (Å²) in [5, 5.41) is 0. The smallest absolute Gasteiger partial charge is 0.129 e. The molecule has 2 N–H and O–H groups in total. The van der Waals surface area contributed by atoms with Gasteiger partial charge in [0.25, 0.3) is 0 Å². The fraction of sp³-hybridized carbons (Fsp3) is 0.444. The molecule has 0 fully saturated rings. The molecule has 3 heteroatoms. The van der Waals surface area contributed by atoms with Crippen LogP contribution >= 0.6 is 0 Å². The maximum atomic E-state index is 5.72. The lowest BCUT2D eigenvalue weighted by Gasteiger charge is -2.13. The van der Waals surface area contributed by atoms with Gasteiger partial charge in [0.05, 0.1) is 0 Å². The van der Waals surface area contributed by atoms with Crippen molar-refractivity contribution >= 4 is 0 Å². The first-order valence-corrected chi connectivity index (χ1v) is 7.90. The molecule has 0 saturated carbocycles. The lowest BCUT2D eigenvalue weighted by molar-refractivity contribution is 0.772. The summed E-state index contributed by atoms with van der Waals surface area (Å²) in [6.45, 7) is 4.97. The summed E-state index contributed by atoms with van der Waals surface area (Å²) in [6.07, 6.45) is 4.66. The van der Waals surface area contributed by atoms with E-state index in [2.05, 4.69) is 38.1 Å². The van der Waals surface area contributed by atoms with Gasteiger partial charge in [-0.3, -0.25) is 0 Å². The third kappa shape index (κ3) is 4.11. The summed E-state index contributed by atoms with van der Waals surface area (Å²) >= 11 is 0. The maximum absolute atomic E-state index is 5.72. The van der Waals surface area contributed by atoms with E-state index in [1.165, 1.54) is 22.5 Å². The summed E-state index contributed by atoms with van der Waals surface area (Å²) in [7, 11) is 0. The Bertz CT molecular complexity index is 539. The van der Waals surface area contributed by atoms with Gasteiger partial charge in [0.2, 0.25) is 0 Å². The van der Waals surface area contributed by atoms with E-state index < -0.39 is 0 Å². The lowest BCUT2D eigenvalue weighted by Crippen LogP contribution is -2.13. The second-order valence-electron chi connectivity index (χ2n) is 5.24. The van der Waals surface area contributed by atoms with Gasteiger partial charge in [-0.15, -0.1) is 0 Å². The molecule has 21 heavy (non-hydrogen) atoms. The van der Waals surface area contributed by atoms with E-state index in [0.717, 1.165) is 37.9 Å². The Labute approximate surface area is 127 Å². The van der Waals surface area contributed by atoms with E-state index in [-0.39, 0.29) is 0 Å². The Morgan fingerprint density at radius 2 is 1.48 bits per heavy atom. The van der Waals surface area contributed by atoms with Crippen molar-refractivity contribution in [3.8, 4) is 0 Å². The normalized spacial score (nSPS) is 10.8. The Morgan fingerprint density at radius 3 is 2.00 bits per heavy atom. The largest absolute Gasteiger partial charge is 0.330 e. The Balaban J connectivity index is 2.20. The summed E-state index contributed by atoms with van der Waals surface area (Å²) in [6, 6.07) is 10.5. The summed E-state index contributed by atoms with van der Waals surface area (Å²) < 4.78 is 0. The number of rotatable bonds is 7. The van der Waals surface area contributed by atoms with Crippen molar-refractivity contribution in [2.45, 2.75) is 46.0 Å². The van der Waals surface area contributed by atoms with Crippen LogP contribution in [0.2, 0.25) is 0 Å². The van der Waals surface area contributed by atoms with Crippen molar-refractivity contribution in [1.82, 2.24) is 9.97 Å². The fourth-order valence-corrected chi connectivity index (χ4v) is 2.67. The molecule has 0 aliphatic rings. The maximum Gasteiger partial charge on any atom is 0.129 e. The van der Waals surface area contributed by atoms with Crippen molar-refractivity contribution in [2.75, 3.05) is 6.54 Å². The molecule has 0 radical (unpaired) electrons. The average molecular weight is 283 g/mol. The molecular weight excluding hydrogens is 258 g/mol. The van der Waals surface area contributed by atoms with E-state index >= 15 is 0 Å². The van der Waals surface area contributed by atoms with Crippen LogP contribution in [0.5, 0.6) is 0 Å². The third-order valence-corrected chi connectivity index (χ3v) is 3.77. The molecule has 0 unspecified atom stereocenters. The molecule has 2 aromatic rings. The molecule has 3 nitrogen and oxygen atoms in total. The van der Waals surface area contributed by atoms with Gasteiger partial charge in [-0.1, -0.05) is 44.2 Å². The molecule has 2 rings (SSSR count). The van der Waals surface area contributed by atoms with Gasteiger partial charge >= 0.3 is 0 Å². The Morgan fingerprint density at radius 1 is 0.857 bits per heavy atom. The highest BCUT2D eigenvalue weighted by Gasteiger charge is 2.11. The van der Waals surface area contributed by atoms with Crippen LogP contribution in [0.1, 0.15) is 42.2 Å². The minimum atomic E-state index is 0.659. The predicted molar refractivity (Wildman–Crippen MR) is 87.4 cm³/mol.